The number of nitrogens with zero attached hydrogens (tertiary/aromatic N) is 1. The summed E-state index contributed by atoms with van der Waals surface area (Å²) in [6, 6.07) is 0.452. The number of carbonyl (C=O) groups is 1. The van der Waals surface area contributed by atoms with Crippen LogP contribution in [0.4, 0.5) is 0 Å². The molecule has 2 rings (SSSR count). The molecule has 0 aromatic rings. The van der Waals surface area contributed by atoms with Crippen LogP contribution in [0.15, 0.2) is 0 Å². The molecule has 1 unspecified atom stereocenters. The summed E-state index contributed by atoms with van der Waals surface area (Å²) in [5.74, 6) is 0.727. The van der Waals surface area contributed by atoms with Gasteiger partial charge in [-0.05, 0) is 25.8 Å². The van der Waals surface area contributed by atoms with Crippen molar-refractivity contribution in [3.63, 3.8) is 0 Å². The monoisotopic (exact) mass is 182 g/mol. The van der Waals surface area contributed by atoms with Gasteiger partial charge in [-0.3, -0.25) is 4.79 Å². The largest absolute Gasteiger partial charge is 0.341 e. The number of hydrogen-bond acceptors (Lipinski definition) is 2. The number of likely N-dealkylation sites (N-methyl/N-ethyl adjacent to an activating group) is 1. The Morgan fingerprint density at radius 3 is 2.62 bits per heavy atom. The van der Waals surface area contributed by atoms with Gasteiger partial charge in [-0.15, -0.1) is 0 Å². The minimum atomic E-state index is 0.352. The van der Waals surface area contributed by atoms with Crippen molar-refractivity contribution < 1.29 is 4.79 Å². The van der Waals surface area contributed by atoms with Crippen molar-refractivity contribution >= 4 is 5.91 Å². The third kappa shape index (κ3) is 1.70. The van der Waals surface area contributed by atoms with Gasteiger partial charge in [-0.25, -0.2) is 0 Å². The van der Waals surface area contributed by atoms with E-state index >= 15 is 0 Å². The second-order valence-corrected chi connectivity index (χ2v) is 4.22. The Morgan fingerprint density at radius 1 is 1.38 bits per heavy atom. The van der Waals surface area contributed by atoms with E-state index in [4.69, 9.17) is 0 Å². The van der Waals surface area contributed by atoms with Crippen LogP contribution in [0.2, 0.25) is 0 Å². The molecule has 2 fully saturated rings. The molecule has 0 radical (unpaired) electrons. The minimum absolute atomic E-state index is 0.352. The van der Waals surface area contributed by atoms with Gasteiger partial charge < -0.3 is 10.2 Å². The summed E-state index contributed by atoms with van der Waals surface area (Å²) < 4.78 is 0. The van der Waals surface area contributed by atoms with Gasteiger partial charge in [0.1, 0.15) is 0 Å². The van der Waals surface area contributed by atoms with Crippen molar-refractivity contribution in [1.82, 2.24) is 10.2 Å². The van der Waals surface area contributed by atoms with Gasteiger partial charge in [-0.1, -0.05) is 6.42 Å². The molecule has 3 heteroatoms. The molecule has 1 saturated carbocycles. The van der Waals surface area contributed by atoms with Crippen molar-refractivity contribution in [2.24, 2.45) is 5.92 Å². The zero-order chi connectivity index (χ0) is 9.26. The highest BCUT2D eigenvalue weighted by Crippen LogP contribution is 2.28. The summed E-state index contributed by atoms with van der Waals surface area (Å²) in [6.45, 7) is 2.04. The molecule has 0 bridgehead atoms. The van der Waals surface area contributed by atoms with E-state index in [0.29, 0.717) is 17.9 Å². The number of amides is 1. The molecule has 0 aromatic heterocycles. The van der Waals surface area contributed by atoms with Crippen LogP contribution < -0.4 is 5.32 Å². The van der Waals surface area contributed by atoms with Crippen molar-refractivity contribution in [2.45, 2.75) is 31.7 Å². The molecule has 1 atom stereocenters. The summed E-state index contributed by atoms with van der Waals surface area (Å²) in [4.78, 5) is 13.8. The van der Waals surface area contributed by atoms with Crippen LogP contribution in [0.1, 0.15) is 25.7 Å². The Balaban J connectivity index is 1.87. The van der Waals surface area contributed by atoms with Crippen LogP contribution in [0.25, 0.3) is 0 Å². The summed E-state index contributed by atoms with van der Waals surface area (Å²) >= 11 is 0. The molecule has 1 aliphatic carbocycles. The SMILES string of the molecule is CN(C(=O)C1CCC1)C1CCNC1. The molecule has 1 aliphatic heterocycles. The maximum Gasteiger partial charge on any atom is 0.225 e. The molecule has 13 heavy (non-hydrogen) atoms. The smallest absolute Gasteiger partial charge is 0.225 e. The second kappa shape index (κ2) is 3.66. The van der Waals surface area contributed by atoms with Crippen LogP contribution in [-0.4, -0.2) is 37.0 Å². The maximum atomic E-state index is 11.8. The Bertz CT molecular complexity index is 195. The van der Waals surface area contributed by atoms with Crippen molar-refractivity contribution in [1.29, 1.82) is 0 Å². The fourth-order valence-electron chi connectivity index (χ4n) is 2.09. The number of carbonyl (C=O) groups excluding carboxylic acids is 1. The Hall–Kier alpha value is -0.570. The molecule has 1 amide bonds. The van der Waals surface area contributed by atoms with E-state index in [1.165, 1.54) is 6.42 Å². The first-order valence-electron chi connectivity index (χ1n) is 5.26. The van der Waals surface area contributed by atoms with Gasteiger partial charge in [0, 0.05) is 25.6 Å². The molecule has 3 nitrogen and oxygen atoms in total. The zero-order valence-electron chi connectivity index (χ0n) is 8.25. The highest BCUT2D eigenvalue weighted by atomic mass is 16.2. The van der Waals surface area contributed by atoms with Gasteiger partial charge in [0.05, 0.1) is 0 Å². The number of hydrogen-bond donors (Lipinski definition) is 1. The molecule has 0 aromatic carbocycles. The van der Waals surface area contributed by atoms with Gasteiger partial charge >= 0.3 is 0 Å². The molecular formula is C10H18N2O. The van der Waals surface area contributed by atoms with Crippen molar-refractivity contribution in [3.8, 4) is 0 Å². The lowest BCUT2D eigenvalue weighted by Crippen LogP contribution is -2.43. The van der Waals surface area contributed by atoms with Crippen LogP contribution in [-0.2, 0) is 4.79 Å². The van der Waals surface area contributed by atoms with E-state index in [-0.39, 0.29) is 0 Å². The molecule has 0 spiro atoms. The first-order chi connectivity index (χ1) is 6.29. The fourth-order valence-corrected chi connectivity index (χ4v) is 2.09. The lowest BCUT2D eigenvalue weighted by atomic mass is 9.84. The van der Waals surface area contributed by atoms with Crippen LogP contribution >= 0.6 is 0 Å². The lowest BCUT2D eigenvalue weighted by molar-refractivity contribution is -0.138. The molecule has 1 N–H and O–H groups in total. The lowest BCUT2D eigenvalue weighted by Gasteiger charge is -2.32. The van der Waals surface area contributed by atoms with Gasteiger partial charge in [0.25, 0.3) is 0 Å². The standard InChI is InChI=1S/C10H18N2O/c1-12(9-5-6-11-7-9)10(13)8-3-2-4-8/h8-9,11H,2-7H2,1H3. The Morgan fingerprint density at radius 2 is 2.15 bits per heavy atom. The second-order valence-electron chi connectivity index (χ2n) is 4.22. The van der Waals surface area contributed by atoms with Crippen LogP contribution in [0, 0.1) is 5.92 Å². The van der Waals surface area contributed by atoms with E-state index in [1.54, 1.807) is 0 Å². The van der Waals surface area contributed by atoms with Crippen LogP contribution in [0.3, 0.4) is 0 Å². The summed E-state index contributed by atoms with van der Waals surface area (Å²) in [7, 11) is 1.96. The fraction of sp³-hybridized carbons (Fsp3) is 0.900. The summed E-state index contributed by atoms with van der Waals surface area (Å²) in [5.41, 5.74) is 0. The third-order valence-electron chi connectivity index (χ3n) is 3.38. The molecule has 74 valence electrons. The summed E-state index contributed by atoms with van der Waals surface area (Å²) in [6.07, 6.45) is 4.59. The minimum Gasteiger partial charge on any atom is -0.341 e. The predicted octanol–water partition coefficient (Wildman–Crippen LogP) is 0.607. The van der Waals surface area contributed by atoms with Crippen LogP contribution in [0.5, 0.6) is 0 Å². The highest BCUT2D eigenvalue weighted by Gasteiger charge is 2.31. The molecule has 1 heterocycles. The molecule has 1 saturated heterocycles. The Labute approximate surface area is 79.5 Å². The summed E-state index contributed by atoms with van der Waals surface area (Å²) in [5, 5.41) is 3.29. The van der Waals surface area contributed by atoms with Gasteiger partial charge in [0.2, 0.25) is 5.91 Å². The zero-order valence-corrected chi connectivity index (χ0v) is 8.25. The third-order valence-corrected chi connectivity index (χ3v) is 3.38. The van der Waals surface area contributed by atoms with E-state index in [1.807, 2.05) is 11.9 Å². The average molecular weight is 182 g/mol. The number of nitrogens with one attached hydrogen (secondary N) is 1. The topological polar surface area (TPSA) is 32.3 Å². The first kappa shape index (κ1) is 9.00. The van der Waals surface area contributed by atoms with E-state index < -0.39 is 0 Å². The predicted molar refractivity (Wildman–Crippen MR) is 51.4 cm³/mol. The van der Waals surface area contributed by atoms with Crippen molar-refractivity contribution in [2.75, 3.05) is 20.1 Å². The van der Waals surface area contributed by atoms with Gasteiger partial charge in [-0.2, -0.15) is 0 Å². The normalized spacial score (nSPS) is 28.5. The van der Waals surface area contributed by atoms with E-state index in [9.17, 15) is 4.79 Å². The quantitative estimate of drug-likeness (QED) is 0.678. The van der Waals surface area contributed by atoms with Crippen molar-refractivity contribution in [3.05, 3.63) is 0 Å². The Kier molecular flexibility index (Phi) is 2.54. The van der Waals surface area contributed by atoms with E-state index in [2.05, 4.69) is 5.32 Å². The van der Waals surface area contributed by atoms with Gasteiger partial charge in [0.15, 0.2) is 0 Å². The average Bonchev–Trinajstić information content (AvgIpc) is 2.51. The number of rotatable bonds is 2. The van der Waals surface area contributed by atoms with E-state index in [0.717, 1.165) is 32.4 Å². The highest BCUT2D eigenvalue weighted by molar-refractivity contribution is 5.79. The molecule has 2 aliphatic rings. The maximum absolute atomic E-state index is 11.8. The molecular weight excluding hydrogens is 164 g/mol. The first-order valence-corrected chi connectivity index (χ1v) is 5.26.